The van der Waals surface area contributed by atoms with Crippen LogP contribution in [0.1, 0.15) is 0 Å². The van der Waals surface area contributed by atoms with E-state index in [-0.39, 0.29) is 0 Å². The highest BCUT2D eigenvalue weighted by Crippen LogP contribution is 2.45. The first kappa shape index (κ1) is 36.8. The van der Waals surface area contributed by atoms with E-state index >= 15 is 0 Å². The lowest BCUT2D eigenvalue weighted by Crippen LogP contribution is -2.10. The third-order valence-electron chi connectivity index (χ3n) is 11.9. The van der Waals surface area contributed by atoms with Crippen LogP contribution in [0.2, 0.25) is 0 Å². The molecule has 0 amide bonds. The van der Waals surface area contributed by atoms with Gasteiger partial charge >= 0.3 is 0 Å². The van der Waals surface area contributed by atoms with Gasteiger partial charge in [-0.05, 0) is 133 Å². The van der Waals surface area contributed by atoms with Crippen LogP contribution in [0.5, 0.6) is 0 Å². The van der Waals surface area contributed by atoms with Crippen LogP contribution in [-0.4, -0.2) is 0 Å². The molecule has 11 aromatic rings. The molecule has 10 aromatic carbocycles. The van der Waals surface area contributed by atoms with Crippen molar-refractivity contribution in [2.24, 2.45) is 0 Å². The summed E-state index contributed by atoms with van der Waals surface area (Å²) in [6.07, 6.45) is 0. The van der Waals surface area contributed by atoms with E-state index in [0.717, 1.165) is 55.7 Å². The molecule has 0 radical (unpaired) electrons. The number of rotatable bonds is 9. The van der Waals surface area contributed by atoms with Gasteiger partial charge in [0, 0.05) is 16.8 Å². The summed E-state index contributed by atoms with van der Waals surface area (Å²) in [4.78, 5) is 2.37. The summed E-state index contributed by atoms with van der Waals surface area (Å²) >= 11 is 0. The molecule has 1 aromatic heterocycles. The Labute approximate surface area is 362 Å². The van der Waals surface area contributed by atoms with Crippen molar-refractivity contribution in [1.82, 2.24) is 0 Å². The van der Waals surface area contributed by atoms with Crippen LogP contribution < -0.4 is 4.90 Å². The van der Waals surface area contributed by atoms with E-state index in [1.807, 2.05) is 0 Å². The zero-order valence-electron chi connectivity index (χ0n) is 34.0. The summed E-state index contributed by atoms with van der Waals surface area (Å²) in [5.41, 5.74) is 19.1. The summed E-state index contributed by atoms with van der Waals surface area (Å²) in [5, 5.41) is 2.16. The quantitative estimate of drug-likeness (QED) is 0.145. The molecule has 2 nitrogen and oxygen atoms in total. The molecule has 0 fully saturated rings. The third kappa shape index (κ3) is 7.04. The Morgan fingerprint density at radius 2 is 0.661 bits per heavy atom. The molecule has 2 heteroatoms. The molecule has 62 heavy (non-hydrogen) atoms. The second-order valence-corrected chi connectivity index (χ2v) is 15.7. The molecule has 0 spiro atoms. The molecular weight excluding hydrogens is 751 g/mol. The lowest BCUT2D eigenvalue weighted by molar-refractivity contribution is 0.669. The summed E-state index contributed by atoms with van der Waals surface area (Å²) in [5.74, 6) is 0. The minimum Gasteiger partial charge on any atom is -0.456 e. The van der Waals surface area contributed by atoms with Crippen molar-refractivity contribution in [2.45, 2.75) is 0 Å². The first-order chi connectivity index (χ1) is 30.7. The van der Waals surface area contributed by atoms with Crippen molar-refractivity contribution in [1.29, 1.82) is 0 Å². The number of hydrogen-bond donors (Lipinski definition) is 0. The largest absolute Gasteiger partial charge is 0.456 e. The molecule has 292 valence electrons. The SMILES string of the molecule is c1ccc(-c2cc(-c3ccccc3)cc(-c3ccc(N(c4ccc(-c5ccccc5-c5ccccc5)cc4)c4cccc5oc6ccc(-c7ccccc7)cc6c45)cc3)c2)cc1. The Morgan fingerprint density at radius 3 is 1.18 bits per heavy atom. The first-order valence-electron chi connectivity index (χ1n) is 21.2. The molecular formula is C60H41NO. The van der Waals surface area contributed by atoms with E-state index in [9.17, 15) is 0 Å². The highest BCUT2D eigenvalue weighted by molar-refractivity contribution is 6.14. The average molecular weight is 792 g/mol. The summed E-state index contributed by atoms with van der Waals surface area (Å²) in [7, 11) is 0. The molecule has 0 bridgehead atoms. The highest BCUT2D eigenvalue weighted by Gasteiger charge is 2.21. The number of fused-ring (bicyclic) bond motifs is 3. The highest BCUT2D eigenvalue weighted by atomic mass is 16.3. The van der Waals surface area contributed by atoms with Crippen molar-refractivity contribution in [2.75, 3.05) is 4.90 Å². The van der Waals surface area contributed by atoms with E-state index in [1.54, 1.807) is 0 Å². The van der Waals surface area contributed by atoms with Crippen molar-refractivity contribution in [3.8, 4) is 66.8 Å². The van der Waals surface area contributed by atoms with E-state index < -0.39 is 0 Å². The number of nitrogens with zero attached hydrogens (tertiary/aromatic N) is 1. The van der Waals surface area contributed by atoms with Gasteiger partial charge in [0.25, 0.3) is 0 Å². The van der Waals surface area contributed by atoms with Gasteiger partial charge in [-0.25, -0.2) is 0 Å². The number of benzene rings is 10. The van der Waals surface area contributed by atoms with Gasteiger partial charge in [0.15, 0.2) is 0 Å². The maximum Gasteiger partial charge on any atom is 0.137 e. The Bertz CT molecular complexity index is 3240. The maximum atomic E-state index is 6.58. The number of anilines is 3. The Balaban J connectivity index is 1.06. The van der Waals surface area contributed by atoms with E-state index in [0.29, 0.717) is 0 Å². The van der Waals surface area contributed by atoms with Gasteiger partial charge in [0.2, 0.25) is 0 Å². The van der Waals surface area contributed by atoms with Crippen LogP contribution in [0.4, 0.5) is 17.1 Å². The smallest absolute Gasteiger partial charge is 0.137 e. The second kappa shape index (κ2) is 16.1. The zero-order chi connectivity index (χ0) is 41.2. The Morgan fingerprint density at radius 1 is 0.258 bits per heavy atom. The fourth-order valence-electron chi connectivity index (χ4n) is 8.82. The van der Waals surface area contributed by atoms with Crippen LogP contribution in [0.3, 0.4) is 0 Å². The molecule has 0 aliphatic carbocycles. The van der Waals surface area contributed by atoms with E-state index in [2.05, 4.69) is 254 Å². The molecule has 0 atom stereocenters. The fourth-order valence-corrected chi connectivity index (χ4v) is 8.82. The predicted molar refractivity (Wildman–Crippen MR) is 261 cm³/mol. The average Bonchev–Trinajstić information content (AvgIpc) is 3.74. The third-order valence-corrected chi connectivity index (χ3v) is 11.9. The summed E-state index contributed by atoms with van der Waals surface area (Å²) in [6.45, 7) is 0. The van der Waals surface area contributed by atoms with Crippen LogP contribution in [0, 0.1) is 0 Å². The van der Waals surface area contributed by atoms with Gasteiger partial charge in [-0.2, -0.15) is 0 Å². The Kier molecular flexibility index (Phi) is 9.57. The number of furan rings is 1. The van der Waals surface area contributed by atoms with Gasteiger partial charge in [0.1, 0.15) is 11.2 Å². The minimum absolute atomic E-state index is 0.851. The monoisotopic (exact) mass is 791 g/mol. The topological polar surface area (TPSA) is 16.4 Å². The van der Waals surface area contributed by atoms with E-state index in [1.165, 1.54) is 50.1 Å². The molecule has 0 unspecified atom stereocenters. The fraction of sp³-hybridized carbons (Fsp3) is 0. The van der Waals surface area contributed by atoms with Gasteiger partial charge in [-0.1, -0.05) is 182 Å². The standard InChI is InChI=1S/C60H41NO/c1-5-16-42(17-6-1)48-32-37-58-56(41-48)60-57(26-15-27-59(60)62-58)61(53-35-30-47(31-36-53)55-25-14-13-24-54(55)46-22-11-4-12-23-46)52-33-28-45(29-34-52)51-39-49(43-18-7-2-8-19-43)38-50(40-51)44-20-9-3-10-21-44/h1-41H. The predicted octanol–water partition coefficient (Wildman–Crippen LogP) is 17.1. The lowest BCUT2D eigenvalue weighted by atomic mass is 9.93. The molecule has 0 aliphatic rings. The van der Waals surface area contributed by atoms with Gasteiger partial charge in [0.05, 0.1) is 11.1 Å². The normalized spacial score (nSPS) is 11.2. The van der Waals surface area contributed by atoms with Crippen molar-refractivity contribution >= 4 is 39.0 Å². The van der Waals surface area contributed by atoms with Crippen molar-refractivity contribution < 1.29 is 4.42 Å². The molecule has 0 saturated carbocycles. The van der Waals surface area contributed by atoms with Crippen LogP contribution in [-0.2, 0) is 0 Å². The minimum atomic E-state index is 0.851. The summed E-state index contributed by atoms with van der Waals surface area (Å²) < 4.78 is 6.58. The zero-order valence-corrected chi connectivity index (χ0v) is 34.0. The van der Waals surface area contributed by atoms with Crippen LogP contribution in [0.25, 0.3) is 88.7 Å². The lowest BCUT2D eigenvalue weighted by Gasteiger charge is -2.27. The molecule has 0 N–H and O–H groups in total. The molecule has 0 aliphatic heterocycles. The number of hydrogen-bond acceptors (Lipinski definition) is 2. The molecule has 11 rings (SSSR count). The van der Waals surface area contributed by atoms with Crippen molar-refractivity contribution in [3.63, 3.8) is 0 Å². The molecule has 1 heterocycles. The first-order valence-corrected chi connectivity index (χ1v) is 21.2. The molecule has 0 saturated heterocycles. The van der Waals surface area contributed by atoms with Crippen LogP contribution >= 0.6 is 0 Å². The maximum absolute atomic E-state index is 6.58. The second-order valence-electron chi connectivity index (χ2n) is 15.7. The summed E-state index contributed by atoms with van der Waals surface area (Å²) in [6, 6.07) is 89.0. The van der Waals surface area contributed by atoms with Gasteiger partial charge in [-0.15, -0.1) is 0 Å². The Hall–Kier alpha value is -8.20. The van der Waals surface area contributed by atoms with Crippen molar-refractivity contribution in [3.05, 3.63) is 249 Å². The van der Waals surface area contributed by atoms with Gasteiger partial charge in [-0.3, -0.25) is 0 Å². The van der Waals surface area contributed by atoms with Crippen LogP contribution in [0.15, 0.2) is 253 Å². The van der Waals surface area contributed by atoms with Gasteiger partial charge < -0.3 is 9.32 Å². The van der Waals surface area contributed by atoms with E-state index in [4.69, 9.17) is 4.42 Å².